The number of carbonyl (C=O) groups is 2. The number of rotatable bonds is 7. The number of amides is 1. The van der Waals surface area contributed by atoms with Crippen LogP contribution in [-0.2, 0) is 11.0 Å². The summed E-state index contributed by atoms with van der Waals surface area (Å²) in [6.07, 6.45) is -1.01. The van der Waals surface area contributed by atoms with Gasteiger partial charge in [0.15, 0.2) is 0 Å². The van der Waals surface area contributed by atoms with Crippen LogP contribution in [-0.4, -0.2) is 47.1 Å². The highest BCUT2D eigenvalue weighted by Gasteiger charge is 2.38. The number of hydrogen-bond acceptors (Lipinski definition) is 3. The van der Waals surface area contributed by atoms with Crippen molar-refractivity contribution in [1.29, 1.82) is 0 Å². The molecule has 0 radical (unpaired) electrons. The first-order valence-corrected chi connectivity index (χ1v) is 8.66. The minimum absolute atomic E-state index is 0.0184. The number of nitrogens with one attached hydrogen (secondary N) is 1. The first-order chi connectivity index (χ1) is 12.2. The molecule has 142 valence electrons. The molecule has 1 aromatic rings. The van der Waals surface area contributed by atoms with E-state index in [1.807, 2.05) is 4.90 Å². The molecule has 0 bridgehead atoms. The molecule has 0 heterocycles. The van der Waals surface area contributed by atoms with Gasteiger partial charge >= 0.3 is 12.1 Å². The molecule has 2 saturated carbocycles. The Bertz CT molecular complexity index is 683. The molecule has 2 aliphatic carbocycles. The van der Waals surface area contributed by atoms with E-state index >= 15 is 0 Å². The summed E-state index contributed by atoms with van der Waals surface area (Å²) in [5.74, 6) is -0.846. The SMILES string of the molecule is O=C(O)CN(CC1CC1)C1CC(NC(=O)c2cccc(C(F)(F)F)c2)C1. The zero-order valence-electron chi connectivity index (χ0n) is 14.1. The van der Waals surface area contributed by atoms with Crippen molar-refractivity contribution in [3.05, 3.63) is 35.4 Å². The highest BCUT2D eigenvalue weighted by molar-refractivity contribution is 5.94. The van der Waals surface area contributed by atoms with Crippen LogP contribution in [0.3, 0.4) is 0 Å². The third-order valence-corrected chi connectivity index (χ3v) is 4.94. The number of carboxylic acids is 1. The van der Waals surface area contributed by atoms with Gasteiger partial charge in [0.2, 0.25) is 0 Å². The highest BCUT2D eigenvalue weighted by atomic mass is 19.4. The number of alkyl halides is 3. The Balaban J connectivity index is 1.53. The lowest BCUT2D eigenvalue weighted by Crippen LogP contribution is -2.55. The van der Waals surface area contributed by atoms with Gasteiger partial charge in [-0.25, -0.2) is 0 Å². The van der Waals surface area contributed by atoms with E-state index in [-0.39, 0.29) is 24.2 Å². The first kappa shape index (κ1) is 18.7. The zero-order valence-corrected chi connectivity index (χ0v) is 14.1. The quantitative estimate of drug-likeness (QED) is 0.774. The molecule has 5 nitrogen and oxygen atoms in total. The fraction of sp³-hybridized carbons (Fsp3) is 0.556. The lowest BCUT2D eigenvalue weighted by molar-refractivity contribution is -0.140. The summed E-state index contributed by atoms with van der Waals surface area (Å²) in [5, 5.41) is 11.8. The lowest BCUT2D eigenvalue weighted by Gasteiger charge is -2.42. The molecule has 0 atom stereocenters. The van der Waals surface area contributed by atoms with Crippen LogP contribution in [0, 0.1) is 5.92 Å². The van der Waals surface area contributed by atoms with E-state index in [9.17, 15) is 22.8 Å². The van der Waals surface area contributed by atoms with Crippen LogP contribution in [0.1, 0.15) is 41.6 Å². The maximum Gasteiger partial charge on any atom is 0.416 e. The number of halogens is 3. The van der Waals surface area contributed by atoms with Gasteiger partial charge in [-0.3, -0.25) is 14.5 Å². The number of carbonyl (C=O) groups excluding carboxylic acids is 1. The highest BCUT2D eigenvalue weighted by Crippen LogP contribution is 2.34. The predicted octanol–water partition coefficient (Wildman–Crippen LogP) is 2.76. The largest absolute Gasteiger partial charge is 0.480 e. The van der Waals surface area contributed by atoms with E-state index in [0.29, 0.717) is 18.8 Å². The van der Waals surface area contributed by atoms with E-state index in [1.165, 1.54) is 12.1 Å². The molecular weight excluding hydrogens is 349 g/mol. The van der Waals surface area contributed by atoms with Crippen LogP contribution in [0.25, 0.3) is 0 Å². The van der Waals surface area contributed by atoms with Crippen molar-refractivity contribution in [3.8, 4) is 0 Å². The average Bonchev–Trinajstić information content (AvgIpc) is 3.32. The Labute approximate surface area is 149 Å². The molecule has 0 aromatic heterocycles. The van der Waals surface area contributed by atoms with Crippen molar-refractivity contribution in [2.75, 3.05) is 13.1 Å². The summed E-state index contributed by atoms with van der Waals surface area (Å²) in [6.45, 7) is 0.737. The normalized spacial score (nSPS) is 22.8. The van der Waals surface area contributed by atoms with Gasteiger partial charge in [0, 0.05) is 24.2 Å². The second-order valence-electron chi connectivity index (χ2n) is 7.14. The number of aliphatic carboxylic acids is 1. The smallest absolute Gasteiger partial charge is 0.416 e. The van der Waals surface area contributed by atoms with Crippen LogP contribution in [0.2, 0.25) is 0 Å². The van der Waals surface area contributed by atoms with Crippen molar-refractivity contribution in [2.45, 2.75) is 43.9 Å². The zero-order chi connectivity index (χ0) is 18.9. The Morgan fingerprint density at radius 1 is 1.23 bits per heavy atom. The molecule has 8 heteroatoms. The Morgan fingerprint density at radius 3 is 2.50 bits per heavy atom. The van der Waals surface area contributed by atoms with Gasteiger partial charge in [-0.15, -0.1) is 0 Å². The summed E-state index contributed by atoms with van der Waals surface area (Å²) in [4.78, 5) is 25.1. The number of nitrogens with zero attached hydrogens (tertiary/aromatic N) is 1. The molecule has 1 aromatic carbocycles. The lowest BCUT2D eigenvalue weighted by atomic mass is 9.85. The molecule has 0 unspecified atom stereocenters. The van der Waals surface area contributed by atoms with Gasteiger partial charge in [0.1, 0.15) is 0 Å². The van der Waals surface area contributed by atoms with E-state index in [4.69, 9.17) is 5.11 Å². The minimum atomic E-state index is -4.49. The molecule has 1 amide bonds. The Kier molecular flexibility index (Phi) is 5.22. The van der Waals surface area contributed by atoms with Crippen molar-refractivity contribution in [3.63, 3.8) is 0 Å². The Hall–Kier alpha value is -2.09. The number of carboxylic acid groups (broad SMARTS) is 1. The standard InChI is InChI=1S/C18H21F3N2O3/c19-18(20,21)13-3-1-2-12(6-13)17(26)22-14-7-15(8-14)23(10-16(24)25)9-11-4-5-11/h1-3,6,11,14-15H,4-5,7-10H2,(H,22,26)(H,24,25). The molecule has 26 heavy (non-hydrogen) atoms. The van der Waals surface area contributed by atoms with E-state index in [1.54, 1.807) is 0 Å². The maximum atomic E-state index is 12.7. The summed E-state index contributed by atoms with van der Waals surface area (Å²) in [6, 6.07) is 4.29. The van der Waals surface area contributed by atoms with Gasteiger partial charge in [0.25, 0.3) is 5.91 Å². The first-order valence-electron chi connectivity index (χ1n) is 8.66. The van der Waals surface area contributed by atoms with Crippen LogP contribution < -0.4 is 5.32 Å². The van der Waals surface area contributed by atoms with Gasteiger partial charge in [0.05, 0.1) is 12.1 Å². The monoisotopic (exact) mass is 370 g/mol. The van der Waals surface area contributed by atoms with Gasteiger partial charge < -0.3 is 10.4 Å². The van der Waals surface area contributed by atoms with Crippen molar-refractivity contribution < 1.29 is 27.9 Å². The van der Waals surface area contributed by atoms with Crippen molar-refractivity contribution in [1.82, 2.24) is 10.2 Å². The second-order valence-corrected chi connectivity index (χ2v) is 7.14. The van der Waals surface area contributed by atoms with Crippen LogP contribution in [0.15, 0.2) is 24.3 Å². The summed E-state index contributed by atoms with van der Waals surface area (Å²) < 4.78 is 38.2. The maximum absolute atomic E-state index is 12.7. The molecule has 2 fully saturated rings. The minimum Gasteiger partial charge on any atom is -0.480 e. The molecular formula is C18H21F3N2O3. The van der Waals surface area contributed by atoms with Crippen molar-refractivity contribution in [2.24, 2.45) is 5.92 Å². The molecule has 0 spiro atoms. The van der Waals surface area contributed by atoms with E-state index in [2.05, 4.69) is 5.32 Å². The number of hydrogen-bond donors (Lipinski definition) is 2. The van der Waals surface area contributed by atoms with E-state index < -0.39 is 23.6 Å². The topological polar surface area (TPSA) is 69.6 Å². The summed E-state index contributed by atoms with van der Waals surface area (Å²) in [5.41, 5.74) is -0.877. The molecule has 2 aliphatic rings. The van der Waals surface area contributed by atoms with Crippen LogP contribution in [0.4, 0.5) is 13.2 Å². The third kappa shape index (κ3) is 4.75. The predicted molar refractivity (Wildman–Crippen MR) is 87.7 cm³/mol. The fourth-order valence-corrected chi connectivity index (χ4v) is 3.26. The Morgan fingerprint density at radius 2 is 1.92 bits per heavy atom. The van der Waals surface area contributed by atoms with Crippen molar-refractivity contribution >= 4 is 11.9 Å². The molecule has 2 N–H and O–H groups in total. The van der Waals surface area contributed by atoms with Gasteiger partial charge in [-0.2, -0.15) is 13.2 Å². The van der Waals surface area contributed by atoms with Gasteiger partial charge in [-0.1, -0.05) is 6.07 Å². The van der Waals surface area contributed by atoms with Crippen LogP contribution >= 0.6 is 0 Å². The summed E-state index contributed by atoms with van der Waals surface area (Å²) >= 11 is 0. The average molecular weight is 370 g/mol. The third-order valence-electron chi connectivity index (χ3n) is 4.94. The number of benzene rings is 1. The molecule has 3 rings (SSSR count). The fourth-order valence-electron chi connectivity index (χ4n) is 3.26. The summed E-state index contributed by atoms with van der Waals surface area (Å²) in [7, 11) is 0. The second kappa shape index (κ2) is 7.26. The van der Waals surface area contributed by atoms with Gasteiger partial charge in [-0.05, 0) is 49.8 Å². The van der Waals surface area contributed by atoms with Crippen LogP contribution in [0.5, 0.6) is 0 Å². The van der Waals surface area contributed by atoms with E-state index in [0.717, 1.165) is 31.5 Å². The molecule has 0 saturated heterocycles. The molecule has 0 aliphatic heterocycles.